The molecule has 4 aromatic rings. The highest BCUT2D eigenvalue weighted by molar-refractivity contribution is 5.87. The maximum absolute atomic E-state index is 9.27. The first kappa shape index (κ1) is 16.5. The summed E-state index contributed by atoms with van der Waals surface area (Å²) < 4.78 is 11.7. The first-order chi connectivity index (χ1) is 12.4. The van der Waals surface area contributed by atoms with Gasteiger partial charge >= 0.3 is 0 Å². The molecule has 2 heterocycles. The van der Waals surface area contributed by atoms with Crippen molar-refractivity contribution in [3.63, 3.8) is 0 Å². The van der Waals surface area contributed by atoms with Crippen LogP contribution in [-0.4, -0.2) is 20.4 Å². The molecule has 0 fully saturated rings. The van der Waals surface area contributed by atoms with Gasteiger partial charge in [-0.25, -0.2) is 0 Å². The van der Waals surface area contributed by atoms with Gasteiger partial charge < -0.3 is 19.0 Å². The summed E-state index contributed by atoms with van der Waals surface area (Å²) in [6.07, 6.45) is -1.51. The lowest BCUT2D eigenvalue weighted by Crippen LogP contribution is -1.96. The minimum atomic E-state index is -1.51. The number of aliphatic hydroxyl groups excluding tert-OH is 1. The molecule has 0 aliphatic rings. The lowest BCUT2D eigenvalue weighted by molar-refractivity contribution is -0.0425. The molecule has 2 aromatic carbocycles. The number of hydrogen-bond donors (Lipinski definition) is 2. The average Bonchev–Trinajstić information content (AvgIpc) is 3.25. The van der Waals surface area contributed by atoms with E-state index in [2.05, 4.69) is 16.3 Å². The highest BCUT2D eigenvalue weighted by Gasteiger charge is 2.18. The minimum Gasteiger partial charge on any atom is -0.451 e. The zero-order valence-corrected chi connectivity index (χ0v) is 14.6. The molecule has 0 aliphatic heterocycles. The molecule has 6 nitrogen and oxygen atoms in total. The minimum absolute atomic E-state index is 0.306. The van der Waals surface area contributed by atoms with Gasteiger partial charge in [0.15, 0.2) is 12.1 Å². The second-order valence-corrected chi connectivity index (χ2v) is 6.41. The van der Waals surface area contributed by atoms with Gasteiger partial charge in [0.1, 0.15) is 5.58 Å². The van der Waals surface area contributed by atoms with Crippen molar-refractivity contribution >= 4 is 11.0 Å². The van der Waals surface area contributed by atoms with E-state index in [9.17, 15) is 10.2 Å². The fourth-order valence-electron chi connectivity index (χ4n) is 3.02. The maximum atomic E-state index is 9.27. The van der Waals surface area contributed by atoms with Gasteiger partial charge in [-0.05, 0) is 49.6 Å². The van der Waals surface area contributed by atoms with Gasteiger partial charge in [-0.15, -0.1) is 10.2 Å². The molecule has 2 N–H and O–H groups in total. The standard InChI is InChI=1S/C20H18N2O4/c1-10-4-5-11(2)17-15(10)9-16(25-17)19-22-21-18(26-19)14-7-6-13(20(23)24)8-12(14)3/h4-9,20,23-24H,1-3H3. The fraction of sp³-hybridized carbons (Fsp3) is 0.200. The number of rotatable bonds is 3. The Balaban J connectivity index is 1.75. The van der Waals surface area contributed by atoms with E-state index in [0.29, 0.717) is 23.1 Å². The molecule has 0 aliphatic carbocycles. The van der Waals surface area contributed by atoms with Crippen molar-refractivity contribution < 1.29 is 19.0 Å². The van der Waals surface area contributed by atoms with Crippen LogP contribution >= 0.6 is 0 Å². The fourth-order valence-corrected chi connectivity index (χ4v) is 3.02. The van der Waals surface area contributed by atoms with Gasteiger partial charge in [0.05, 0.1) is 0 Å². The Bertz CT molecular complexity index is 1070. The predicted octanol–water partition coefficient (Wildman–Crippen LogP) is 4.06. The van der Waals surface area contributed by atoms with Crippen molar-refractivity contribution in [2.45, 2.75) is 27.1 Å². The summed E-state index contributed by atoms with van der Waals surface area (Å²) >= 11 is 0. The number of benzene rings is 2. The van der Waals surface area contributed by atoms with E-state index in [-0.39, 0.29) is 0 Å². The Kier molecular flexibility index (Phi) is 3.86. The number of hydrogen-bond acceptors (Lipinski definition) is 6. The number of fused-ring (bicyclic) bond motifs is 1. The monoisotopic (exact) mass is 350 g/mol. The average molecular weight is 350 g/mol. The summed E-state index contributed by atoms with van der Waals surface area (Å²) in [5, 5.41) is 27.8. The molecule has 2 aromatic heterocycles. The molecule has 0 unspecified atom stereocenters. The largest absolute Gasteiger partial charge is 0.451 e. The van der Waals surface area contributed by atoms with E-state index < -0.39 is 6.29 Å². The maximum Gasteiger partial charge on any atom is 0.283 e. The topological polar surface area (TPSA) is 92.5 Å². The van der Waals surface area contributed by atoms with Crippen molar-refractivity contribution in [3.8, 4) is 23.1 Å². The van der Waals surface area contributed by atoms with Crippen LogP contribution in [0.3, 0.4) is 0 Å². The molecule has 0 radical (unpaired) electrons. The van der Waals surface area contributed by atoms with Crippen molar-refractivity contribution in [2.24, 2.45) is 0 Å². The predicted molar refractivity (Wildman–Crippen MR) is 96.3 cm³/mol. The molecule has 132 valence electrons. The number of furan rings is 1. The van der Waals surface area contributed by atoms with E-state index in [1.54, 1.807) is 18.2 Å². The Morgan fingerprint density at radius 1 is 0.808 bits per heavy atom. The first-order valence-electron chi connectivity index (χ1n) is 8.24. The third-order valence-corrected chi connectivity index (χ3v) is 4.51. The van der Waals surface area contributed by atoms with E-state index in [1.807, 2.05) is 32.9 Å². The normalized spacial score (nSPS) is 11.6. The van der Waals surface area contributed by atoms with Crippen LogP contribution in [0.2, 0.25) is 0 Å². The van der Waals surface area contributed by atoms with Crippen LogP contribution in [0.4, 0.5) is 0 Å². The zero-order chi connectivity index (χ0) is 18.4. The van der Waals surface area contributed by atoms with Crippen LogP contribution in [0, 0.1) is 20.8 Å². The van der Waals surface area contributed by atoms with Crippen LogP contribution in [0.15, 0.2) is 45.2 Å². The third-order valence-electron chi connectivity index (χ3n) is 4.51. The summed E-state index contributed by atoms with van der Waals surface area (Å²) in [5.74, 6) is 1.18. The second kappa shape index (κ2) is 6.09. The van der Waals surface area contributed by atoms with E-state index in [4.69, 9.17) is 8.83 Å². The highest BCUT2D eigenvalue weighted by Crippen LogP contribution is 2.33. The van der Waals surface area contributed by atoms with Crippen molar-refractivity contribution in [1.29, 1.82) is 0 Å². The zero-order valence-electron chi connectivity index (χ0n) is 14.6. The van der Waals surface area contributed by atoms with Gasteiger partial charge in [0.25, 0.3) is 5.89 Å². The first-order valence-corrected chi connectivity index (χ1v) is 8.24. The molecule has 0 spiro atoms. The summed E-state index contributed by atoms with van der Waals surface area (Å²) in [4.78, 5) is 0. The van der Waals surface area contributed by atoms with Crippen LogP contribution in [0.1, 0.15) is 28.5 Å². The van der Waals surface area contributed by atoms with Crippen molar-refractivity contribution in [1.82, 2.24) is 10.2 Å². The number of aliphatic hydroxyl groups is 2. The van der Waals surface area contributed by atoms with E-state index in [0.717, 1.165) is 33.2 Å². The van der Waals surface area contributed by atoms with Gasteiger partial charge in [-0.2, -0.15) is 0 Å². The second-order valence-electron chi connectivity index (χ2n) is 6.41. The van der Waals surface area contributed by atoms with Crippen molar-refractivity contribution in [2.75, 3.05) is 0 Å². The Hall–Kier alpha value is -2.96. The molecule has 0 atom stereocenters. The number of nitrogens with zero attached hydrogens (tertiary/aromatic N) is 2. The number of aryl methyl sites for hydroxylation is 3. The van der Waals surface area contributed by atoms with Gasteiger partial charge in [0, 0.05) is 16.5 Å². The Morgan fingerprint density at radius 3 is 2.23 bits per heavy atom. The lowest BCUT2D eigenvalue weighted by atomic mass is 10.0. The molecule has 4 rings (SSSR count). The molecule has 6 heteroatoms. The highest BCUT2D eigenvalue weighted by atomic mass is 16.5. The molecule has 0 saturated carbocycles. The van der Waals surface area contributed by atoms with E-state index >= 15 is 0 Å². The third kappa shape index (κ3) is 2.69. The van der Waals surface area contributed by atoms with Gasteiger partial charge in [-0.1, -0.05) is 24.3 Å². The molecule has 0 bridgehead atoms. The van der Waals surface area contributed by atoms with Crippen LogP contribution < -0.4 is 0 Å². The number of aromatic nitrogens is 2. The molecular weight excluding hydrogens is 332 g/mol. The molecule has 0 saturated heterocycles. The summed E-state index contributed by atoms with van der Waals surface area (Å²) in [7, 11) is 0. The van der Waals surface area contributed by atoms with Crippen molar-refractivity contribution in [3.05, 3.63) is 58.7 Å². The van der Waals surface area contributed by atoms with Crippen LogP contribution in [0.5, 0.6) is 0 Å². The molecule has 0 amide bonds. The lowest BCUT2D eigenvalue weighted by Gasteiger charge is -2.06. The Morgan fingerprint density at radius 2 is 1.54 bits per heavy atom. The van der Waals surface area contributed by atoms with Crippen LogP contribution in [0.25, 0.3) is 34.1 Å². The smallest absolute Gasteiger partial charge is 0.283 e. The van der Waals surface area contributed by atoms with E-state index in [1.165, 1.54) is 0 Å². The summed E-state index contributed by atoms with van der Waals surface area (Å²) in [6, 6.07) is 11.0. The molecule has 26 heavy (non-hydrogen) atoms. The SMILES string of the molecule is Cc1cc(C(O)O)ccc1-c1nnc(-c2cc3c(C)ccc(C)c3o2)o1. The summed E-state index contributed by atoms with van der Waals surface area (Å²) in [5.41, 5.74) is 4.94. The van der Waals surface area contributed by atoms with Gasteiger partial charge in [0.2, 0.25) is 5.89 Å². The van der Waals surface area contributed by atoms with Crippen LogP contribution in [-0.2, 0) is 0 Å². The summed E-state index contributed by atoms with van der Waals surface area (Å²) in [6.45, 7) is 5.87. The molecular formula is C20H18N2O4. The van der Waals surface area contributed by atoms with Gasteiger partial charge in [-0.3, -0.25) is 0 Å². The Labute approximate surface area is 149 Å². The quantitative estimate of drug-likeness (QED) is 0.541.